The first-order chi connectivity index (χ1) is 12.6. The number of carbonyl (C=O) groups is 2. The lowest BCUT2D eigenvalue weighted by Crippen LogP contribution is -2.42. The van der Waals surface area contributed by atoms with Crippen LogP contribution in [-0.4, -0.2) is 21.6 Å². The molecule has 8 heteroatoms. The zero-order chi connectivity index (χ0) is 18.5. The number of hydrazine groups is 1. The van der Waals surface area contributed by atoms with E-state index in [9.17, 15) is 18.8 Å². The van der Waals surface area contributed by atoms with E-state index >= 15 is 0 Å². The fourth-order valence-electron chi connectivity index (χ4n) is 2.18. The maximum atomic E-state index is 13.5. The summed E-state index contributed by atoms with van der Waals surface area (Å²) in [6.45, 7) is 0. The number of rotatable bonds is 3. The Morgan fingerprint density at radius 2 is 1.50 bits per heavy atom. The summed E-state index contributed by atoms with van der Waals surface area (Å²) in [6, 6.07) is 16.3. The topological polar surface area (TPSA) is 93.1 Å². The van der Waals surface area contributed by atoms with Crippen LogP contribution in [0.5, 0.6) is 0 Å². The average Bonchev–Trinajstić information content (AvgIpc) is 2.67. The Hall–Kier alpha value is -3.81. The van der Waals surface area contributed by atoms with Crippen molar-refractivity contribution in [3.63, 3.8) is 0 Å². The first-order valence-electron chi connectivity index (χ1n) is 7.57. The third-order valence-corrected chi connectivity index (χ3v) is 3.44. The van der Waals surface area contributed by atoms with Crippen molar-refractivity contribution in [2.45, 2.75) is 0 Å². The van der Waals surface area contributed by atoms with Crippen LogP contribution in [0.2, 0.25) is 0 Å². The minimum Gasteiger partial charge on any atom is -0.267 e. The molecular formula is C18H13FN4O3. The second-order valence-corrected chi connectivity index (χ2v) is 5.19. The van der Waals surface area contributed by atoms with Crippen LogP contribution in [0.15, 0.2) is 71.5 Å². The SMILES string of the molecule is O=C(NNC(=O)c1ccccc1F)c1ccc(=O)n(-c2ccccc2)n1. The highest BCUT2D eigenvalue weighted by Crippen LogP contribution is 2.05. The number of para-hydroxylation sites is 1. The van der Waals surface area contributed by atoms with E-state index in [1.165, 1.54) is 30.3 Å². The van der Waals surface area contributed by atoms with Gasteiger partial charge in [-0.1, -0.05) is 30.3 Å². The number of aromatic nitrogens is 2. The molecule has 2 aromatic carbocycles. The molecule has 0 atom stereocenters. The Bertz CT molecular complexity index is 1020. The number of nitrogens with one attached hydrogen (secondary N) is 2. The van der Waals surface area contributed by atoms with E-state index in [1.807, 2.05) is 0 Å². The summed E-state index contributed by atoms with van der Waals surface area (Å²) in [6.07, 6.45) is 0. The zero-order valence-electron chi connectivity index (χ0n) is 13.3. The molecule has 0 aliphatic heterocycles. The molecule has 3 rings (SSSR count). The lowest BCUT2D eigenvalue weighted by molar-refractivity contribution is 0.0840. The Balaban J connectivity index is 1.76. The maximum Gasteiger partial charge on any atom is 0.290 e. The van der Waals surface area contributed by atoms with E-state index in [0.29, 0.717) is 5.69 Å². The highest BCUT2D eigenvalue weighted by molar-refractivity contribution is 5.98. The molecule has 0 bridgehead atoms. The molecule has 2 amide bonds. The van der Waals surface area contributed by atoms with Crippen LogP contribution in [0.25, 0.3) is 5.69 Å². The van der Waals surface area contributed by atoms with E-state index in [4.69, 9.17) is 0 Å². The van der Waals surface area contributed by atoms with Gasteiger partial charge in [0.05, 0.1) is 11.3 Å². The van der Waals surface area contributed by atoms with Crippen molar-refractivity contribution < 1.29 is 14.0 Å². The summed E-state index contributed by atoms with van der Waals surface area (Å²) in [5.41, 5.74) is 4.01. The molecule has 2 N–H and O–H groups in total. The summed E-state index contributed by atoms with van der Waals surface area (Å²) in [4.78, 5) is 36.0. The third-order valence-electron chi connectivity index (χ3n) is 3.44. The van der Waals surface area contributed by atoms with Crippen LogP contribution < -0.4 is 16.4 Å². The fraction of sp³-hybridized carbons (Fsp3) is 0. The van der Waals surface area contributed by atoms with E-state index < -0.39 is 23.2 Å². The summed E-state index contributed by atoms with van der Waals surface area (Å²) in [5, 5.41) is 3.98. The monoisotopic (exact) mass is 352 g/mol. The Labute approximate surface area is 147 Å². The van der Waals surface area contributed by atoms with Crippen molar-refractivity contribution in [1.82, 2.24) is 20.6 Å². The summed E-state index contributed by atoms with van der Waals surface area (Å²) in [5.74, 6) is -2.28. The van der Waals surface area contributed by atoms with Gasteiger partial charge in [0.1, 0.15) is 5.82 Å². The fourth-order valence-corrected chi connectivity index (χ4v) is 2.18. The van der Waals surface area contributed by atoms with Gasteiger partial charge in [0.15, 0.2) is 5.69 Å². The van der Waals surface area contributed by atoms with Crippen molar-refractivity contribution >= 4 is 11.8 Å². The highest BCUT2D eigenvalue weighted by atomic mass is 19.1. The third kappa shape index (κ3) is 3.64. The molecule has 1 aromatic heterocycles. The number of benzene rings is 2. The largest absolute Gasteiger partial charge is 0.290 e. The van der Waals surface area contributed by atoms with Crippen LogP contribution in [0.4, 0.5) is 4.39 Å². The van der Waals surface area contributed by atoms with Crippen LogP contribution in [0.3, 0.4) is 0 Å². The number of hydrogen-bond acceptors (Lipinski definition) is 4. The molecule has 0 fully saturated rings. The number of carbonyl (C=O) groups excluding carboxylic acids is 2. The number of hydrogen-bond donors (Lipinski definition) is 2. The first kappa shape index (κ1) is 17.0. The normalized spacial score (nSPS) is 10.2. The summed E-state index contributed by atoms with van der Waals surface area (Å²) >= 11 is 0. The van der Waals surface area contributed by atoms with E-state index in [1.54, 1.807) is 30.3 Å². The van der Waals surface area contributed by atoms with Crippen molar-refractivity contribution in [3.8, 4) is 5.69 Å². The molecule has 7 nitrogen and oxygen atoms in total. The molecule has 1 heterocycles. The molecule has 3 aromatic rings. The summed E-state index contributed by atoms with van der Waals surface area (Å²) < 4.78 is 14.6. The quantitative estimate of drug-likeness (QED) is 0.698. The molecule has 0 saturated carbocycles. The minimum absolute atomic E-state index is 0.0951. The van der Waals surface area contributed by atoms with E-state index in [0.717, 1.165) is 10.7 Å². The molecule has 0 saturated heterocycles. The second kappa shape index (κ2) is 7.39. The van der Waals surface area contributed by atoms with Gasteiger partial charge in [-0.3, -0.25) is 25.2 Å². The predicted molar refractivity (Wildman–Crippen MR) is 91.2 cm³/mol. The molecule has 0 radical (unpaired) electrons. The van der Waals surface area contributed by atoms with Crippen LogP contribution >= 0.6 is 0 Å². The van der Waals surface area contributed by atoms with Gasteiger partial charge in [-0.05, 0) is 30.3 Å². The van der Waals surface area contributed by atoms with E-state index in [2.05, 4.69) is 16.0 Å². The molecule has 0 aliphatic rings. The van der Waals surface area contributed by atoms with Crippen molar-refractivity contribution in [2.24, 2.45) is 0 Å². The standard InChI is InChI=1S/C18H13FN4O3/c19-14-9-5-4-8-13(14)17(25)20-21-18(26)15-10-11-16(24)23(22-15)12-6-2-1-3-7-12/h1-11H,(H,20,25)(H,21,26). The predicted octanol–water partition coefficient (Wildman–Crippen LogP) is 1.45. The molecule has 130 valence electrons. The zero-order valence-corrected chi connectivity index (χ0v) is 13.3. The Morgan fingerprint density at radius 1 is 0.846 bits per heavy atom. The van der Waals surface area contributed by atoms with E-state index in [-0.39, 0.29) is 11.3 Å². The van der Waals surface area contributed by atoms with Gasteiger partial charge in [-0.15, -0.1) is 0 Å². The van der Waals surface area contributed by atoms with Crippen molar-refractivity contribution in [1.29, 1.82) is 0 Å². The van der Waals surface area contributed by atoms with Crippen LogP contribution in [0.1, 0.15) is 20.8 Å². The molecular weight excluding hydrogens is 339 g/mol. The van der Waals surface area contributed by atoms with Gasteiger partial charge in [-0.2, -0.15) is 9.78 Å². The smallest absolute Gasteiger partial charge is 0.267 e. The van der Waals surface area contributed by atoms with Gasteiger partial charge >= 0.3 is 0 Å². The van der Waals surface area contributed by atoms with Gasteiger partial charge < -0.3 is 0 Å². The number of amides is 2. The molecule has 0 unspecified atom stereocenters. The number of nitrogens with zero attached hydrogens (tertiary/aromatic N) is 2. The molecule has 0 spiro atoms. The number of halogens is 1. The lowest BCUT2D eigenvalue weighted by atomic mass is 10.2. The maximum absolute atomic E-state index is 13.5. The van der Waals surface area contributed by atoms with Crippen molar-refractivity contribution in [3.05, 3.63) is 94.2 Å². The average molecular weight is 352 g/mol. The highest BCUT2D eigenvalue weighted by Gasteiger charge is 2.14. The molecule has 26 heavy (non-hydrogen) atoms. The minimum atomic E-state index is -0.812. The first-order valence-corrected chi connectivity index (χ1v) is 7.57. The lowest BCUT2D eigenvalue weighted by Gasteiger charge is -2.09. The van der Waals surface area contributed by atoms with Crippen molar-refractivity contribution in [2.75, 3.05) is 0 Å². The van der Waals surface area contributed by atoms with Gasteiger partial charge in [-0.25, -0.2) is 4.39 Å². The van der Waals surface area contributed by atoms with Crippen LogP contribution in [0, 0.1) is 5.82 Å². The Kier molecular flexibility index (Phi) is 4.84. The van der Waals surface area contributed by atoms with Crippen LogP contribution in [-0.2, 0) is 0 Å². The second-order valence-electron chi connectivity index (χ2n) is 5.19. The van der Waals surface area contributed by atoms with Gasteiger partial charge in [0, 0.05) is 6.07 Å². The Morgan fingerprint density at radius 3 is 2.23 bits per heavy atom. The summed E-state index contributed by atoms with van der Waals surface area (Å²) in [7, 11) is 0. The van der Waals surface area contributed by atoms with Gasteiger partial charge in [0.25, 0.3) is 17.4 Å². The molecule has 0 aliphatic carbocycles. The van der Waals surface area contributed by atoms with Gasteiger partial charge in [0.2, 0.25) is 0 Å².